The second-order valence-corrected chi connectivity index (χ2v) is 13.1. The molecule has 6 aromatic carbocycles. The van der Waals surface area contributed by atoms with Crippen LogP contribution in [0.1, 0.15) is 0 Å². The van der Waals surface area contributed by atoms with Gasteiger partial charge in [0.1, 0.15) is 22.9 Å². The number of nitro groups is 4. The smallest absolute Gasteiger partial charge is 0.340 e. The molecule has 22 nitrogen and oxygen atoms in total. The van der Waals surface area contributed by atoms with Crippen molar-refractivity contribution in [3.05, 3.63) is 174 Å². The maximum Gasteiger partial charge on any atom is 0.340 e. The first kappa shape index (κ1) is 39.5. The molecule has 0 bridgehead atoms. The molecule has 0 saturated carbocycles. The minimum atomic E-state index is -0.524. The Kier molecular flexibility index (Phi) is 10.3. The fourth-order valence-electron chi connectivity index (χ4n) is 6.41. The number of nitro benzene ring substituents is 4. The summed E-state index contributed by atoms with van der Waals surface area (Å²) in [5, 5.41) is 64.3. The summed E-state index contributed by atoms with van der Waals surface area (Å²) in [6.07, 6.45) is 0. The number of hydrogen-bond acceptors (Lipinski definition) is 14. The summed E-state index contributed by atoms with van der Waals surface area (Å²) < 4.78 is 11.7. The second kappa shape index (κ2) is 16.1. The molecule has 62 heavy (non-hydrogen) atoms. The number of rotatable bonds is 13. The van der Waals surface area contributed by atoms with Gasteiger partial charge in [-0.1, -0.05) is 0 Å². The third-order valence-electron chi connectivity index (χ3n) is 9.49. The number of tetrazole rings is 2. The molecular formula is C40H28N12O10+2. The van der Waals surface area contributed by atoms with E-state index in [4.69, 9.17) is 19.7 Å². The SMILES string of the molecule is COc1cc(-n2nc(-c3ccc([N+](=O)[O-])cc3)n[n+]2-c2ccc([N+](=O)[O-])cc2)ccc1-c1cc(-n2nc(-c3ccc([N+](=O)[O-])cc3)n[n+]2-c2ccc([N+](=O)[O-])cc2)ccc1OC. The number of benzene rings is 6. The predicted molar refractivity (Wildman–Crippen MR) is 215 cm³/mol. The molecule has 0 fully saturated rings. The van der Waals surface area contributed by atoms with Crippen LogP contribution in [0.15, 0.2) is 133 Å². The van der Waals surface area contributed by atoms with Gasteiger partial charge in [-0.15, -0.1) is 0 Å². The molecule has 0 aliphatic carbocycles. The van der Waals surface area contributed by atoms with E-state index in [2.05, 4.69) is 10.2 Å². The fraction of sp³-hybridized carbons (Fsp3) is 0.0500. The number of methoxy groups -OCH3 is 2. The van der Waals surface area contributed by atoms with Crippen molar-refractivity contribution < 1.29 is 38.8 Å². The molecule has 22 heteroatoms. The van der Waals surface area contributed by atoms with Crippen molar-refractivity contribution in [3.63, 3.8) is 0 Å². The first-order chi connectivity index (χ1) is 29.9. The van der Waals surface area contributed by atoms with Crippen LogP contribution in [0.5, 0.6) is 11.5 Å². The number of ether oxygens (including phenoxy) is 2. The van der Waals surface area contributed by atoms with Crippen LogP contribution >= 0.6 is 0 Å². The van der Waals surface area contributed by atoms with Gasteiger partial charge in [0.2, 0.25) is 0 Å². The van der Waals surface area contributed by atoms with Crippen molar-refractivity contribution in [3.8, 4) is 68.2 Å². The van der Waals surface area contributed by atoms with Gasteiger partial charge in [0.05, 0.1) is 55.2 Å². The van der Waals surface area contributed by atoms with Crippen molar-refractivity contribution in [1.82, 2.24) is 30.0 Å². The Labute approximate surface area is 347 Å². The van der Waals surface area contributed by atoms with Gasteiger partial charge in [-0.3, -0.25) is 40.5 Å². The summed E-state index contributed by atoms with van der Waals surface area (Å²) >= 11 is 0. The van der Waals surface area contributed by atoms with Gasteiger partial charge in [-0.2, -0.15) is 0 Å². The van der Waals surface area contributed by atoms with Crippen LogP contribution in [0.4, 0.5) is 22.7 Å². The molecule has 0 saturated heterocycles. The summed E-state index contributed by atoms with van der Waals surface area (Å²) in [6, 6.07) is 33.1. The highest BCUT2D eigenvalue weighted by Gasteiger charge is 2.28. The minimum Gasteiger partial charge on any atom is -0.496 e. The zero-order valence-corrected chi connectivity index (χ0v) is 32.2. The fourth-order valence-corrected chi connectivity index (χ4v) is 6.41. The molecule has 8 aromatic rings. The monoisotopic (exact) mass is 836 g/mol. The van der Waals surface area contributed by atoms with Gasteiger partial charge in [0, 0.05) is 75.3 Å². The topological polar surface area (TPSA) is 260 Å². The molecule has 8 rings (SSSR count). The van der Waals surface area contributed by atoms with E-state index in [0.29, 0.717) is 56.5 Å². The molecule has 0 aliphatic heterocycles. The van der Waals surface area contributed by atoms with Gasteiger partial charge < -0.3 is 9.47 Å². The number of hydrogen-bond donors (Lipinski definition) is 0. The van der Waals surface area contributed by atoms with Crippen molar-refractivity contribution >= 4 is 22.7 Å². The van der Waals surface area contributed by atoms with E-state index in [0.717, 1.165) is 0 Å². The number of nitrogens with zero attached hydrogens (tertiary/aromatic N) is 12. The molecule has 0 amide bonds. The van der Waals surface area contributed by atoms with Crippen LogP contribution in [-0.4, -0.2) is 63.9 Å². The van der Waals surface area contributed by atoms with Crippen LogP contribution in [0, 0.1) is 40.5 Å². The average Bonchev–Trinajstić information content (AvgIpc) is 3.95. The van der Waals surface area contributed by atoms with E-state index >= 15 is 0 Å². The van der Waals surface area contributed by atoms with Crippen LogP contribution in [0.3, 0.4) is 0 Å². The normalized spacial score (nSPS) is 10.9. The highest BCUT2D eigenvalue weighted by atomic mass is 16.6. The lowest BCUT2D eigenvalue weighted by molar-refractivity contribution is -0.734. The van der Waals surface area contributed by atoms with E-state index in [1.807, 2.05) is 0 Å². The Morgan fingerprint density at radius 1 is 0.452 bits per heavy atom. The Morgan fingerprint density at radius 2 is 0.823 bits per heavy atom. The molecule has 2 aromatic heterocycles. The van der Waals surface area contributed by atoms with Gasteiger partial charge in [0.25, 0.3) is 22.7 Å². The highest BCUT2D eigenvalue weighted by molar-refractivity contribution is 5.78. The van der Waals surface area contributed by atoms with Gasteiger partial charge in [-0.25, -0.2) is 0 Å². The summed E-state index contributed by atoms with van der Waals surface area (Å²) in [7, 11) is 2.98. The summed E-state index contributed by atoms with van der Waals surface area (Å²) in [5.74, 6) is 1.19. The molecule has 0 aliphatic rings. The first-order valence-corrected chi connectivity index (χ1v) is 18.1. The molecule has 0 unspecified atom stereocenters. The van der Waals surface area contributed by atoms with Crippen molar-refractivity contribution in [2.75, 3.05) is 14.2 Å². The van der Waals surface area contributed by atoms with Crippen LogP contribution in [-0.2, 0) is 0 Å². The van der Waals surface area contributed by atoms with E-state index in [-0.39, 0.29) is 34.4 Å². The van der Waals surface area contributed by atoms with E-state index in [1.165, 1.54) is 130 Å². The predicted octanol–water partition coefficient (Wildman–Crippen LogP) is 6.05. The van der Waals surface area contributed by atoms with E-state index in [1.54, 1.807) is 36.4 Å². The number of non-ortho nitro benzene ring substituents is 4. The third kappa shape index (κ3) is 7.55. The van der Waals surface area contributed by atoms with Crippen LogP contribution in [0.2, 0.25) is 0 Å². The molecule has 0 spiro atoms. The molecule has 306 valence electrons. The van der Waals surface area contributed by atoms with Crippen molar-refractivity contribution in [1.29, 1.82) is 0 Å². The zero-order valence-electron chi connectivity index (χ0n) is 32.2. The summed E-state index contributed by atoms with van der Waals surface area (Å²) in [6.45, 7) is 0. The largest absolute Gasteiger partial charge is 0.496 e. The van der Waals surface area contributed by atoms with Crippen LogP contribution < -0.4 is 19.1 Å². The Morgan fingerprint density at radius 3 is 1.21 bits per heavy atom. The first-order valence-electron chi connectivity index (χ1n) is 18.1. The van der Waals surface area contributed by atoms with Gasteiger partial charge in [-0.05, 0) is 98.7 Å². The van der Waals surface area contributed by atoms with Gasteiger partial charge in [0.15, 0.2) is 11.4 Å². The van der Waals surface area contributed by atoms with E-state index in [9.17, 15) is 40.5 Å². The standard InChI is InChI=1S/C40H28N12O10/c1-61-37-22-20-33(47-43-39(25-3-7-29(8-4-25)49(53)54)41-45(47)27-11-15-31(16-12-27)51(57)58)23-36(37)35-21-19-34(24-38(35)62-2)48-44-40(26-5-9-30(10-6-26)50(55)56)42-46(48)28-13-17-32(18-14-28)52(59)60/h3-24H,1-2H3/q+2. The summed E-state index contributed by atoms with van der Waals surface area (Å²) in [4.78, 5) is 49.2. The number of aromatic nitrogens is 8. The lowest BCUT2D eigenvalue weighted by Gasteiger charge is -2.14. The second-order valence-electron chi connectivity index (χ2n) is 13.1. The Hall–Kier alpha value is -9.34. The molecule has 0 N–H and O–H groups in total. The maximum atomic E-state index is 11.4. The third-order valence-corrected chi connectivity index (χ3v) is 9.49. The highest BCUT2D eigenvalue weighted by Crippen LogP contribution is 2.39. The molecular weight excluding hydrogens is 809 g/mol. The molecule has 0 radical (unpaired) electrons. The molecule has 0 atom stereocenters. The molecule has 2 heterocycles. The average molecular weight is 837 g/mol. The summed E-state index contributed by atoms with van der Waals surface area (Å²) in [5.41, 5.74) is 3.26. The Bertz CT molecular complexity index is 3040. The maximum absolute atomic E-state index is 11.4. The van der Waals surface area contributed by atoms with Crippen molar-refractivity contribution in [2.45, 2.75) is 0 Å². The zero-order chi connectivity index (χ0) is 43.7. The minimum absolute atomic E-state index is 0.119. The Balaban J connectivity index is 1.24. The van der Waals surface area contributed by atoms with E-state index < -0.39 is 19.7 Å². The van der Waals surface area contributed by atoms with Gasteiger partial charge >= 0.3 is 11.6 Å². The lowest BCUT2D eigenvalue weighted by atomic mass is 10.0. The van der Waals surface area contributed by atoms with Crippen molar-refractivity contribution in [2.24, 2.45) is 0 Å². The quantitative estimate of drug-likeness (QED) is 0.0727. The lowest BCUT2D eigenvalue weighted by Crippen LogP contribution is -2.43. The van der Waals surface area contributed by atoms with Crippen LogP contribution in [0.25, 0.3) is 56.7 Å².